The molecule has 0 aromatic heterocycles. The Bertz CT molecular complexity index is 1420. The van der Waals surface area contributed by atoms with Crippen molar-refractivity contribution in [3.05, 3.63) is 60.8 Å². The number of aliphatic hydroxyl groups is 1. The van der Waals surface area contributed by atoms with Gasteiger partial charge in [-0.1, -0.05) is 286 Å². The SMILES string of the molecule is CCCCCCC/C=C\C/C=C\CCCCCCCCCCCCCCCCCC(=O)NC(COP(=O)(O)OCC[N+](C)(C)C)C(O)/C=C/CC/C=C/CC/C=C/CCCCCCCCCCCCCCCCCCC. The van der Waals surface area contributed by atoms with Gasteiger partial charge in [0.05, 0.1) is 39.9 Å². The zero-order valence-corrected chi connectivity index (χ0v) is 51.9. The van der Waals surface area contributed by atoms with Gasteiger partial charge in [-0.25, -0.2) is 4.57 Å². The second-order valence-corrected chi connectivity index (χ2v) is 24.9. The summed E-state index contributed by atoms with van der Waals surface area (Å²) in [5.41, 5.74) is 0. The molecule has 76 heavy (non-hydrogen) atoms. The maximum atomic E-state index is 13.0. The molecule has 0 fully saturated rings. The molecule has 0 heterocycles. The minimum absolute atomic E-state index is 0.0528. The van der Waals surface area contributed by atoms with Crippen molar-refractivity contribution >= 4 is 13.7 Å². The Hall–Kier alpha value is -1.80. The van der Waals surface area contributed by atoms with E-state index >= 15 is 0 Å². The van der Waals surface area contributed by atoms with E-state index in [0.29, 0.717) is 17.4 Å². The lowest BCUT2D eigenvalue weighted by atomic mass is 10.0. The summed E-state index contributed by atoms with van der Waals surface area (Å²) in [6.45, 7) is 4.81. The summed E-state index contributed by atoms with van der Waals surface area (Å²) in [5.74, 6) is -0.188. The van der Waals surface area contributed by atoms with Crippen LogP contribution < -0.4 is 5.32 Å². The zero-order chi connectivity index (χ0) is 55.6. The lowest BCUT2D eigenvalue weighted by Crippen LogP contribution is -2.45. The summed E-state index contributed by atoms with van der Waals surface area (Å²) < 4.78 is 23.8. The molecule has 3 atom stereocenters. The molecule has 9 heteroatoms. The molecule has 0 bridgehead atoms. The number of aliphatic hydroxyl groups excluding tert-OH is 1. The zero-order valence-electron chi connectivity index (χ0n) is 51.0. The molecule has 3 N–H and O–H groups in total. The summed E-state index contributed by atoms with van der Waals surface area (Å²) in [5, 5.41) is 14.0. The van der Waals surface area contributed by atoms with Crippen LogP contribution in [0.5, 0.6) is 0 Å². The van der Waals surface area contributed by atoms with Crippen LogP contribution in [-0.4, -0.2) is 73.4 Å². The van der Waals surface area contributed by atoms with Gasteiger partial charge in [0.2, 0.25) is 5.91 Å². The monoisotopic (exact) mass is 1090 g/mol. The third-order valence-electron chi connectivity index (χ3n) is 14.7. The highest BCUT2D eigenvalue weighted by Crippen LogP contribution is 2.43. The number of nitrogens with zero attached hydrogens (tertiary/aromatic N) is 1. The average molecular weight is 1090 g/mol. The number of carbonyl (C=O) groups excluding carboxylic acids is 1. The largest absolute Gasteiger partial charge is 0.472 e. The number of phosphoric ester groups is 1. The Labute approximate surface area is 472 Å². The number of amides is 1. The first kappa shape index (κ1) is 74.2. The van der Waals surface area contributed by atoms with Gasteiger partial charge in [-0.05, 0) is 77.0 Å². The summed E-state index contributed by atoms with van der Waals surface area (Å²) >= 11 is 0. The smallest absolute Gasteiger partial charge is 0.387 e. The van der Waals surface area contributed by atoms with Crippen LogP contribution in [0.2, 0.25) is 0 Å². The second-order valence-electron chi connectivity index (χ2n) is 23.5. The van der Waals surface area contributed by atoms with E-state index in [1.165, 1.54) is 238 Å². The number of carbonyl (C=O) groups is 1. The molecule has 0 aromatic carbocycles. The number of unbranched alkanes of at least 4 members (excludes halogenated alkanes) is 39. The quantitative estimate of drug-likeness (QED) is 0.0243. The van der Waals surface area contributed by atoms with Gasteiger partial charge in [0, 0.05) is 6.42 Å². The predicted octanol–water partition coefficient (Wildman–Crippen LogP) is 20.4. The van der Waals surface area contributed by atoms with E-state index in [4.69, 9.17) is 9.05 Å². The van der Waals surface area contributed by atoms with Crippen LogP contribution in [0.15, 0.2) is 60.8 Å². The van der Waals surface area contributed by atoms with Crippen LogP contribution in [-0.2, 0) is 18.4 Å². The van der Waals surface area contributed by atoms with Crippen molar-refractivity contribution in [1.82, 2.24) is 5.32 Å². The van der Waals surface area contributed by atoms with Crippen LogP contribution in [0.4, 0.5) is 0 Å². The standard InChI is InChI=1S/C67H127N2O6P/c1-6-8-10-12-14-16-18-20-22-24-26-28-30-32-34-36-38-40-42-44-46-48-50-52-54-56-58-60-66(70)65(64-75-76(72,73)74-63-62-69(3,4)5)68-67(71)61-59-57-55-53-51-49-47-45-43-41-39-37-35-33-31-29-27-25-23-21-19-17-15-13-11-9-7-2/h19,21,25,27,42,44,50,52,58,60,65-66,70H,6-18,20,22-24,26,28-41,43,45-49,51,53-57,59,61-64H2,1-5H3,(H-,68,71,72,73)/p+1/b21-19-,27-25-,44-42+,52-50+,60-58+. The summed E-state index contributed by atoms with van der Waals surface area (Å²) in [7, 11) is 1.55. The molecule has 0 aromatic rings. The number of rotatable bonds is 60. The van der Waals surface area contributed by atoms with Crippen LogP contribution in [0, 0.1) is 0 Å². The lowest BCUT2D eigenvalue weighted by molar-refractivity contribution is -0.870. The molecule has 0 radical (unpaired) electrons. The molecule has 446 valence electrons. The highest BCUT2D eigenvalue weighted by Gasteiger charge is 2.27. The third kappa shape index (κ3) is 59.9. The van der Waals surface area contributed by atoms with Gasteiger partial charge >= 0.3 is 7.82 Å². The fraction of sp³-hybridized carbons (Fsp3) is 0.836. The van der Waals surface area contributed by atoms with E-state index in [1.54, 1.807) is 6.08 Å². The van der Waals surface area contributed by atoms with Crippen molar-refractivity contribution in [2.24, 2.45) is 0 Å². The van der Waals surface area contributed by atoms with Gasteiger partial charge in [-0.3, -0.25) is 13.8 Å². The van der Waals surface area contributed by atoms with Gasteiger partial charge in [0.1, 0.15) is 13.2 Å². The highest BCUT2D eigenvalue weighted by molar-refractivity contribution is 7.47. The topological polar surface area (TPSA) is 105 Å². The number of allylic oxidation sites excluding steroid dienone is 9. The summed E-state index contributed by atoms with van der Waals surface area (Å²) in [6.07, 6.45) is 79.3. The van der Waals surface area contributed by atoms with E-state index in [-0.39, 0.29) is 19.1 Å². The van der Waals surface area contributed by atoms with Gasteiger partial charge in [0.25, 0.3) is 0 Å². The molecule has 1 amide bonds. The van der Waals surface area contributed by atoms with Crippen LogP contribution in [0.3, 0.4) is 0 Å². The molecular weight excluding hydrogens is 960 g/mol. The van der Waals surface area contributed by atoms with E-state index in [2.05, 4.69) is 67.8 Å². The first-order valence-electron chi connectivity index (χ1n) is 32.7. The number of hydrogen-bond donors (Lipinski definition) is 3. The Balaban J connectivity index is 4.19. The van der Waals surface area contributed by atoms with Crippen LogP contribution in [0.25, 0.3) is 0 Å². The van der Waals surface area contributed by atoms with Crippen molar-refractivity contribution in [1.29, 1.82) is 0 Å². The molecule has 0 aliphatic heterocycles. The molecule has 0 aliphatic carbocycles. The van der Waals surface area contributed by atoms with E-state index in [1.807, 2.05) is 27.2 Å². The molecule has 0 spiro atoms. The number of hydrogen-bond acceptors (Lipinski definition) is 5. The van der Waals surface area contributed by atoms with Gasteiger partial charge in [-0.2, -0.15) is 0 Å². The molecule has 3 unspecified atom stereocenters. The molecule has 8 nitrogen and oxygen atoms in total. The third-order valence-corrected chi connectivity index (χ3v) is 15.7. The highest BCUT2D eigenvalue weighted by atomic mass is 31.2. The van der Waals surface area contributed by atoms with Crippen molar-refractivity contribution in [2.75, 3.05) is 40.9 Å². The van der Waals surface area contributed by atoms with Gasteiger partial charge in [0.15, 0.2) is 0 Å². The predicted molar refractivity (Wildman–Crippen MR) is 332 cm³/mol. The van der Waals surface area contributed by atoms with Crippen molar-refractivity contribution in [3.63, 3.8) is 0 Å². The minimum Gasteiger partial charge on any atom is -0.387 e. The first-order valence-corrected chi connectivity index (χ1v) is 34.2. The first-order chi connectivity index (χ1) is 37.0. The van der Waals surface area contributed by atoms with Gasteiger partial charge in [-0.15, -0.1) is 0 Å². The van der Waals surface area contributed by atoms with E-state index in [0.717, 1.165) is 51.4 Å². The van der Waals surface area contributed by atoms with Crippen molar-refractivity contribution in [3.8, 4) is 0 Å². The molecule has 0 saturated carbocycles. The number of nitrogens with one attached hydrogen (secondary N) is 1. The Morgan fingerprint density at radius 3 is 1.13 bits per heavy atom. The fourth-order valence-corrected chi connectivity index (χ4v) is 10.3. The summed E-state index contributed by atoms with van der Waals surface area (Å²) in [4.78, 5) is 23.4. The minimum atomic E-state index is -4.37. The van der Waals surface area contributed by atoms with E-state index < -0.39 is 20.0 Å². The molecule has 0 saturated heterocycles. The van der Waals surface area contributed by atoms with Crippen molar-refractivity contribution < 1.29 is 32.9 Å². The molecular formula is C67H128N2O6P+. The number of likely N-dealkylation sites (N-methyl/N-ethyl adjacent to an activating group) is 1. The Morgan fingerprint density at radius 1 is 0.447 bits per heavy atom. The maximum Gasteiger partial charge on any atom is 0.472 e. The number of phosphoric acid groups is 1. The summed E-state index contributed by atoms with van der Waals surface area (Å²) in [6, 6.07) is -0.873. The maximum absolute atomic E-state index is 13.0. The molecule has 0 rings (SSSR count). The molecule has 0 aliphatic rings. The normalized spacial score (nSPS) is 14.1. The van der Waals surface area contributed by atoms with Crippen LogP contribution >= 0.6 is 7.82 Å². The Morgan fingerprint density at radius 2 is 0.763 bits per heavy atom. The average Bonchev–Trinajstić information content (AvgIpc) is 3.38. The van der Waals surface area contributed by atoms with Crippen LogP contribution in [0.1, 0.15) is 309 Å². The number of quaternary nitrogens is 1. The lowest BCUT2D eigenvalue weighted by Gasteiger charge is -2.25. The Kier molecular flexibility index (Phi) is 56.5. The second kappa shape index (κ2) is 57.9. The fourth-order valence-electron chi connectivity index (χ4n) is 9.58. The van der Waals surface area contributed by atoms with Gasteiger partial charge < -0.3 is 19.8 Å². The van der Waals surface area contributed by atoms with Crippen molar-refractivity contribution in [2.45, 2.75) is 321 Å². The van der Waals surface area contributed by atoms with E-state index in [9.17, 15) is 19.4 Å².